The van der Waals surface area contributed by atoms with Crippen molar-refractivity contribution in [1.29, 1.82) is 0 Å². The van der Waals surface area contributed by atoms with Crippen LogP contribution >= 0.6 is 11.6 Å². The molecule has 0 saturated heterocycles. The quantitative estimate of drug-likeness (QED) is 0.801. The van der Waals surface area contributed by atoms with Crippen LogP contribution in [0.25, 0.3) is 0 Å². The Balaban J connectivity index is 1.90. The molecule has 2 rings (SSSR count). The highest BCUT2D eigenvalue weighted by Gasteiger charge is 2.33. The van der Waals surface area contributed by atoms with E-state index in [-0.39, 0.29) is 12.4 Å². The van der Waals surface area contributed by atoms with Gasteiger partial charge in [0.15, 0.2) is 6.73 Å². The average Bonchev–Trinajstić information content (AvgIpc) is 2.49. The third-order valence-electron chi connectivity index (χ3n) is 2.74. The number of para-hydroxylation sites is 1. The van der Waals surface area contributed by atoms with Gasteiger partial charge in [0.2, 0.25) is 0 Å². The molecular formula is C15H12ClF3N2O2. The van der Waals surface area contributed by atoms with E-state index in [1.165, 1.54) is 6.07 Å². The lowest BCUT2D eigenvalue weighted by Gasteiger charge is -2.12. The monoisotopic (exact) mass is 344 g/mol. The summed E-state index contributed by atoms with van der Waals surface area (Å²) in [6, 6.07) is 11.2. The summed E-state index contributed by atoms with van der Waals surface area (Å²) in [5.41, 5.74) is -1.04. The van der Waals surface area contributed by atoms with Crippen molar-refractivity contribution >= 4 is 23.3 Å². The topological polar surface area (TPSA) is 50.4 Å². The van der Waals surface area contributed by atoms with Gasteiger partial charge in [-0.3, -0.25) is 0 Å². The molecule has 122 valence electrons. The number of rotatable bonds is 4. The molecule has 0 aliphatic rings. The maximum atomic E-state index is 12.7. The Morgan fingerprint density at radius 3 is 2.48 bits per heavy atom. The molecule has 0 heterocycles. The molecule has 0 aliphatic carbocycles. The van der Waals surface area contributed by atoms with Crippen molar-refractivity contribution in [3.05, 3.63) is 59.1 Å². The second-order valence-electron chi connectivity index (χ2n) is 4.43. The molecule has 0 radical (unpaired) electrons. The molecule has 0 unspecified atom stereocenters. The number of carbonyl (C=O) groups excluding carboxylic acids is 1. The molecule has 0 saturated carbocycles. The van der Waals surface area contributed by atoms with Crippen molar-refractivity contribution in [2.45, 2.75) is 6.18 Å². The minimum absolute atomic E-state index is 0.0288. The molecule has 0 bridgehead atoms. The van der Waals surface area contributed by atoms with E-state index in [9.17, 15) is 18.0 Å². The Morgan fingerprint density at radius 2 is 1.83 bits per heavy atom. The van der Waals surface area contributed by atoms with Crippen LogP contribution in [-0.4, -0.2) is 12.8 Å². The molecule has 2 aromatic carbocycles. The van der Waals surface area contributed by atoms with Gasteiger partial charge in [-0.15, -0.1) is 0 Å². The number of amides is 2. The van der Waals surface area contributed by atoms with Crippen LogP contribution in [0.3, 0.4) is 0 Å². The minimum atomic E-state index is -4.60. The lowest BCUT2D eigenvalue weighted by Crippen LogP contribution is -2.32. The van der Waals surface area contributed by atoms with E-state index < -0.39 is 22.8 Å². The number of carbonyl (C=O) groups is 1. The number of alkyl halides is 3. The number of urea groups is 1. The van der Waals surface area contributed by atoms with Gasteiger partial charge in [0.25, 0.3) is 0 Å². The van der Waals surface area contributed by atoms with Crippen LogP contribution in [0.15, 0.2) is 48.5 Å². The zero-order chi connectivity index (χ0) is 16.9. The normalized spacial score (nSPS) is 11.0. The predicted molar refractivity (Wildman–Crippen MR) is 80.5 cm³/mol. The molecule has 0 atom stereocenters. The van der Waals surface area contributed by atoms with E-state index in [0.29, 0.717) is 5.75 Å². The van der Waals surface area contributed by atoms with Gasteiger partial charge in [-0.1, -0.05) is 29.8 Å². The van der Waals surface area contributed by atoms with E-state index in [1.54, 1.807) is 24.3 Å². The Labute approximate surface area is 135 Å². The van der Waals surface area contributed by atoms with Gasteiger partial charge in [-0.05, 0) is 30.3 Å². The van der Waals surface area contributed by atoms with Crippen molar-refractivity contribution < 1.29 is 22.7 Å². The first-order valence-electron chi connectivity index (χ1n) is 6.46. The van der Waals surface area contributed by atoms with Crippen molar-refractivity contribution in [2.24, 2.45) is 0 Å². The lowest BCUT2D eigenvalue weighted by molar-refractivity contribution is -0.137. The summed E-state index contributed by atoms with van der Waals surface area (Å²) in [5, 5.41) is 4.21. The second-order valence-corrected chi connectivity index (χ2v) is 4.83. The largest absolute Gasteiger partial charge is 0.473 e. The number of hydrogen-bond acceptors (Lipinski definition) is 2. The SMILES string of the molecule is O=C(NCOc1ccccc1)Nc1ccc(Cl)c(C(F)(F)F)c1. The van der Waals surface area contributed by atoms with Gasteiger partial charge in [-0.2, -0.15) is 13.2 Å². The minimum Gasteiger partial charge on any atom is -0.473 e. The van der Waals surface area contributed by atoms with Crippen molar-refractivity contribution in [3.63, 3.8) is 0 Å². The Morgan fingerprint density at radius 1 is 1.13 bits per heavy atom. The van der Waals surface area contributed by atoms with Crippen LogP contribution in [0.2, 0.25) is 5.02 Å². The number of benzene rings is 2. The van der Waals surface area contributed by atoms with Gasteiger partial charge >= 0.3 is 12.2 Å². The van der Waals surface area contributed by atoms with Crippen molar-refractivity contribution in [2.75, 3.05) is 12.0 Å². The Kier molecular flexibility index (Phi) is 5.33. The van der Waals surface area contributed by atoms with E-state index in [4.69, 9.17) is 16.3 Å². The smallest absolute Gasteiger partial charge is 0.417 e. The van der Waals surface area contributed by atoms with E-state index >= 15 is 0 Å². The highest BCUT2D eigenvalue weighted by atomic mass is 35.5. The molecule has 4 nitrogen and oxygen atoms in total. The summed E-state index contributed by atoms with van der Waals surface area (Å²) in [4.78, 5) is 11.6. The first kappa shape index (κ1) is 17.0. The maximum Gasteiger partial charge on any atom is 0.417 e. The molecule has 2 amide bonds. The zero-order valence-electron chi connectivity index (χ0n) is 11.7. The number of anilines is 1. The third-order valence-corrected chi connectivity index (χ3v) is 3.07. The molecule has 8 heteroatoms. The maximum absolute atomic E-state index is 12.7. The second kappa shape index (κ2) is 7.23. The first-order valence-corrected chi connectivity index (χ1v) is 6.83. The van der Waals surface area contributed by atoms with Gasteiger partial charge in [-0.25, -0.2) is 4.79 Å². The summed E-state index contributed by atoms with van der Waals surface area (Å²) < 4.78 is 43.4. The average molecular weight is 345 g/mol. The van der Waals surface area contributed by atoms with Gasteiger partial charge < -0.3 is 15.4 Å². The fraction of sp³-hybridized carbons (Fsp3) is 0.133. The fourth-order valence-corrected chi connectivity index (χ4v) is 1.92. The number of halogens is 4. The van der Waals surface area contributed by atoms with Crippen LogP contribution in [0.5, 0.6) is 5.75 Å². The summed E-state index contributed by atoms with van der Waals surface area (Å²) in [7, 11) is 0. The molecule has 2 aromatic rings. The van der Waals surface area contributed by atoms with E-state index in [1.807, 2.05) is 6.07 Å². The van der Waals surface area contributed by atoms with Crippen molar-refractivity contribution in [1.82, 2.24) is 5.32 Å². The highest BCUT2D eigenvalue weighted by Crippen LogP contribution is 2.36. The lowest BCUT2D eigenvalue weighted by atomic mass is 10.2. The van der Waals surface area contributed by atoms with Gasteiger partial charge in [0.1, 0.15) is 5.75 Å². The predicted octanol–water partition coefficient (Wildman–Crippen LogP) is 4.52. The van der Waals surface area contributed by atoms with Crippen LogP contribution in [-0.2, 0) is 6.18 Å². The van der Waals surface area contributed by atoms with Gasteiger partial charge in [0, 0.05) is 5.69 Å². The molecule has 23 heavy (non-hydrogen) atoms. The summed E-state index contributed by atoms with van der Waals surface area (Å²) in [6.07, 6.45) is -4.60. The molecule has 0 spiro atoms. The van der Waals surface area contributed by atoms with Crippen LogP contribution in [0.4, 0.5) is 23.7 Å². The molecular weight excluding hydrogens is 333 g/mol. The van der Waals surface area contributed by atoms with Crippen LogP contribution in [0, 0.1) is 0 Å². The summed E-state index contributed by atoms with van der Waals surface area (Å²) in [5.74, 6) is 0.554. The molecule has 2 N–H and O–H groups in total. The fourth-order valence-electron chi connectivity index (χ4n) is 1.70. The van der Waals surface area contributed by atoms with Gasteiger partial charge in [0.05, 0.1) is 10.6 Å². The highest BCUT2D eigenvalue weighted by molar-refractivity contribution is 6.31. The summed E-state index contributed by atoms with van der Waals surface area (Å²) >= 11 is 5.50. The first-order chi connectivity index (χ1) is 10.9. The zero-order valence-corrected chi connectivity index (χ0v) is 12.4. The summed E-state index contributed by atoms with van der Waals surface area (Å²) in [6.45, 7) is -0.129. The standard InChI is InChI=1S/C15H12ClF3N2O2/c16-13-7-6-10(8-12(13)15(17,18)19)21-14(22)20-9-23-11-4-2-1-3-5-11/h1-8H,9H2,(H2,20,21,22). The van der Waals surface area contributed by atoms with Crippen LogP contribution in [0.1, 0.15) is 5.56 Å². The van der Waals surface area contributed by atoms with Crippen LogP contribution < -0.4 is 15.4 Å². The number of ether oxygens (including phenoxy) is 1. The molecule has 0 aromatic heterocycles. The Bertz CT molecular complexity index is 678. The Hall–Kier alpha value is -2.41. The van der Waals surface area contributed by atoms with E-state index in [0.717, 1.165) is 12.1 Å². The van der Waals surface area contributed by atoms with Crippen molar-refractivity contribution in [3.8, 4) is 5.75 Å². The molecule has 0 fully saturated rings. The van der Waals surface area contributed by atoms with E-state index in [2.05, 4.69) is 10.6 Å². The third kappa shape index (κ3) is 5.07. The number of nitrogens with one attached hydrogen (secondary N) is 2. The molecule has 0 aliphatic heterocycles. The number of hydrogen-bond donors (Lipinski definition) is 2.